The Bertz CT molecular complexity index is 851. The van der Waals surface area contributed by atoms with Crippen molar-refractivity contribution in [3.8, 4) is 11.5 Å². The maximum atomic E-state index is 11.3. The lowest BCUT2D eigenvalue weighted by Crippen LogP contribution is -2.35. The summed E-state index contributed by atoms with van der Waals surface area (Å²) in [6.07, 6.45) is 1.37. The maximum absolute atomic E-state index is 11.3. The van der Waals surface area contributed by atoms with Crippen LogP contribution in [0.15, 0.2) is 41.5 Å². The number of likely N-dealkylation sites (N-methyl/N-ethyl adjacent to an activating group) is 1. The summed E-state index contributed by atoms with van der Waals surface area (Å²) in [6.45, 7) is 0.171. The van der Waals surface area contributed by atoms with Crippen LogP contribution in [0, 0.1) is 0 Å². The molecule has 0 aromatic heterocycles. The second-order valence-electron chi connectivity index (χ2n) is 5.18. The number of benzene rings is 2. The normalized spacial score (nSPS) is 10.5. The first-order valence-electron chi connectivity index (χ1n) is 7.75. The van der Waals surface area contributed by atoms with Gasteiger partial charge >= 0.3 is 11.8 Å². The summed E-state index contributed by atoms with van der Waals surface area (Å²) in [6, 6.07) is 10.3. The molecule has 7 nitrogen and oxygen atoms in total. The summed E-state index contributed by atoms with van der Waals surface area (Å²) in [4.78, 5) is 22.4. The van der Waals surface area contributed by atoms with Gasteiger partial charge in [0.15, 0.2) is 11.5 Å². The van der Waals surface area contributed by atoms with Gasteiger partial charge < -0.3 is 14.8 Å². The molecule has 0 saturated carbocycles. The van der Waals surface area contributed by atoms with Crippen molar-refractivity contribution in [3.05, 3.63) is 57.6 Å². The third-order valence-corrected chi connectivity index (χ3v) is 4.14. The van der Waals surface area contributed by atoms with Crippen LogP contribution in [0.3, 0.4) is 0 Å². The average molecular weight is 410 g/mol. The van der Waals surface area contributed by atoms with Crippen molar-refractivity contribution < 1.29 is 19.1 Å². The lowest BCUT2D eigenvalue weighted by molar-refractivity contribution is -0.138. The van der Waals surface area contributed by atoms with E-state index < -0.39 is 11.8 Å². The summed E-state index contributed by atoms with van der Waals surface area (Å²) in [5.74, 6) is -0.705. The van der Waals surface area contributed by atoms with Crippen LogP contribution < -0.4 is 20.2 Å². The van der Waals surface area contributed by atoms with Crippen LogP contribution in [-0.4, -0.2) is 32.2 Å². The first kappa shape index (κ1) is 20.5. The van der Waals surface area contributed by atoms with Gasteiger partial charge in [-0.25, -0.2) is 5.43 Å². The third-order valence-electron chi connectivity index (χ3n) is 3.43. The van der Waals surface area contributed by atoms with E-state index in [0.717, 1.165) is 0 Å². The van der Waals surface area contributed by atoms with Crippen LogP contribution in [-0.2, 0) is 16.2 Å². The van der Waals surface area contributed by atoms with Crippen molar-refractivity contribution in [2.45, 2.75) is 6.61 Å². The molecule has 0 saturated heterocycles. The quantitative estimate of drug-likeness (QED) is 0.436. The highest BCUT2D eigenvalue weighted by molar-refractivity contribution is 6.36. The minimum atomic E-state index is -0.864. The molecule has 0 fully saturated rings. The maximum Gasteiger partial charge on any atom is 0.329 e. The zero-order valence-corrected chi connectivity index (χ0v) is 16.1. The zero-order chi connectivity index (χ0) is 19.8. The Labute approximate surface area is 166 Å². The van der Waals surface area contributed by atoms with Gasteiger partial charge in [-0.1, -0.05) is 29.3 Å². The molecule has 142 valence electrons. The monoisotopic (exact) mass is 409 g/mol. The van der Waals surface area contributed by atoms with E-state index in [1.54, 1.807) is 36.4 Å². The second-order valence-corrected chi connectivity index (χ2v) is 5.99. The number of ether oxygens (including phenoxy) is 2. The van der Waals surface area contributed by atoms with E-state index in [2.05, 4.69) is 15.8 Å². The second kappa shape index (κ2) is 9.80. The Balaban J connectivity index is 2.07. The van der Waals surface area contributed by atoms with Gasteiger partial charge in [-0.05, 0) is 35.9 Å². The number of methoxy groups -OCH3 is 1. The summed E-state index contributed by atoms with van der Waals surface area (Å²) in [7, 11) is 2.85. The summed E-state index contributed by atoms with van der Waals surface area (Å²) < 4.78 is 11.1. The summed E-state index contributed by atoms with van der Waals surface area (Å²) in [5.41, 5.74) is 3.41. The van der Waals surface area contributed by atoms with Gasteiger partial charge in [0.05, 0.1) is 13.3 Å². The molecule has 0 unspecified atom stereocenters. The topological polar surface area (TPSA) is 89.0 Å². The van der Waals surface area contributed by atoms with E-state index in [4.69, 9.17) is 32.7 Å². The van der Waals surface area contributed by atoms with E-state index in [9.17, 15) is 9.59 Å². The smallest absolute Gasteiger partial charge is 0.329 e. The number of carbonyl (C=O) groups excluding carboxylic acids is 2. The highest BCUT2D eigenvalue weighted by Gasteiger charge is 2.11. The van der Waals surface area contributed by atoms with Gasteiger partial charge in [-0.2, -0.15) is 5.10 Å². The number of hydrogen-bond donors (Lipinski definition) is 2. The standard InChI is InChI=1S/C18H17Cl2N3O4/c1-21-17(24)18(25)23-22-9-11-6-7-15(16(8-11)26-2)27-10-12-13(19)4-3-5-14(12)20/h3-9H,10H2,1-2H3,(H,21,24)(H,23,25)/b22-9-. The third kappa shape index (κ3) is 5.60. The Morgan fingerprint density at radius 1 is 1.11 bits per heavy atom. The van der Waals surface area contributed by atoms with Crippen molar-refractivity contribution >= 4 is 41.2 Å². The van der Waals surface area contributed by atoms with Gasteiger partial charge in [0.1, 0.15) is 6.61 Å². The van der Waals surface area contributed by atoms with Gasteiger partial charge in [0, 0.05) is 22.7 Å². The molecule has 0 bridgehead atoms. The molecule has 2 aromatic carbocycles. The minimum Gasteiger partial charge on any atom is -0.493 e. The molecule has 0 heterocycles. The van der Waals surface area contributed by atoms with Crippen molar-refractivity contribution in [2.75, 3.05) is 14.2 Å². The van der Waals surface area contributed by atoms with Crippen LogP contribution in [0.5, 0.6) is 11.5 Å². The summed E-state index contributed by atoms with van der Waals surface area (Å²) in [5, 5.41) is 6.93. The molecule has 0 radical (unpaired) electrons. The molecule has 2 rings (SSSR count). The van der Waals surface area contributed by atoms with E-state index in [1.165, 1.54) is 20.4 Å². The van der Waals surface area contributed by atoms with E-state index >= 15 is 0 Å². The zero-order valence-electron chi connectivity index (χ0n) is 14.6. The van der Waals surface area contributed by atoms with Gasteiger partial charge in [-0.15, -0.1) is 0 Å². The van der Waals surface area contributed by atoms with E-state index in [-0.39, 0.29) is 6.61 Å². The molecule has 27 heavy (non-hydrogen) atoms. The summed E-state index contributed by atoms with van der Waals surface area (Å²) >= 11 is 12.3. The van der Waals surface area contributed by atoms with Crippen LogP contribution in [0.1, 0.15) is 11.1 Å². The first-order chi connectivity index (χ1) is 13.0. The van der Waals surface area contributed by atoms with Crippen LogP contribution >= 0.6 is 23.2 Å². The highest BCUT2D eigenvalue weighted by Crippen LogP contribution is 2.31. The number of hydrogen-bond acceptors (Lipinski definition) is 5. The molecule has 9 heteroatoms. The first-order valence-corrected chi connectivity index (χ1v) is 8.50. The molecule has 2 N–H and O–H groups in total. The van der Waals surface area contributed by atoms with E-state index in [1.807, 2.05) is 0 Å². The predicted molar refractivity (Wildman–Crippen MR) is 104 cm³/mol. The van der Waals surface area contributed by atoms with Gasteiger partial charge in [-0.3, -0.25) is 9.59 Å². The lowest BCUT2D eigenvalue weighted by atomic mass is 10.2. The molecule has 2 amide bonds. The fraction of sp³-hybridized carbons (Fsp3) is 0.167. The Kier molecular flexibility index (Phi) is 7.45. The lowest BCUT2D eigenvalue weighted by Gasteiger charge is -2.13. The molecule has 0 atom stereocenters. The SMILES string of the molecule is CNC(=O)C(=O)N/N=C\c1ccc(OCc2c(Cl)cccc2Cl)c(OC)c1. The van der Waals surface area contributed by atoms with Gasteiger partial charge in [0.2, 0.25) is 0 Å². The van der Waals surface area contributed by atoms with Crippen molar-refractivity contribution in [2.24, 2.45) is 5.10 Å². The Morgan fingerprint density at radius 2 is 1.81 bits per heavy atom. The Morgan fingerprint density at radius 3 is 2.44 bits per heavy atom. The molecular weight excluding hydrogens is 393 g/mol. The molecule has 0 spiro atoms. The molecule has 2 aromatic rings. The number of nitrogens with zero attached hydrogens (tertiary/aromatic N) is 1. The number of nitrogens with one attached hydrogen (secondary N) is 2. The van der Waals surface area contributed by atoms with Crippen LogP contribution in [0.4, 0.5) is 0 Å². The van der Waals surface area contributed by atoms with Crippen LogP contribution in [0.2, 0.25) is 10.0 Å². The number of halogens is 2. The largest absolute Gasteiger partial charge is 0.493 e. The predicted octanol–water partition coefficient (Wildman–Crippen LogP) is 2.78. The fourth-order valence-corrected chi connectivity index (χ4v) is 2.54. The number of carbonyl (C=O) groups is 2. The molecule has 0 aliphatic rings. The number of amides is 2. The highest BCUT2D eigenvalue weighted by atomic mass is 35.5. The number of hydrazone groups is 1. The molecular formula is C18H17Cl2N3O4. The van der Waals surface area contributed by atoms with Crippen molar-refractivity contribution in [1.29, 1.82) is 0 Å². The average Bonchev–Trinajstić information content (AvgIpc) is 2.67. The van der Waals surface area contributed by atoms with Crippen molar-refractivity contribution in [1.82, 2.24) is 10.7 Å². The number of rotatable bonds is 6. The molecule has 0 aliphatic carbocycles. The van der Waals surface area contributed by atoms with Crippen LogP contribution in [0.25, 0.3) is 0 Å². The Hall–Kier alpha value is -2.77. The fourth-order valence-electron chi connectivity index (χ4n) is 2.03. The van der Waals surface area contributed by atoms with E-state index in [0.29, 0.717) is 32.7 Å². The van der Waals surface area contributed by atoms with Crippen molar-refractivity contribution in [3.63, 3.8) is 0 Å². The minimum absolute atomic E-state index is 0.171. The molecule has 0 aliphatic heterocycles. The van der Waals surface area contributed by atoms with Gasteiger partial charge in [0.25, 0.3) is 0 Å².